The predicted octanol–water partition coefficient (Wildman–Crippen LogP) is 8.66. The molecule has 6 aromatic carbocycles. The lowest BCUT2D eigenvalue weighted by Gasteiger charge is -2.15. The van der Waals surface area contributed by atoms with E-state index in [0.29, 0.717) is 11.7 Å². The van der Waals surface area contributed by atoms with Crippen LogP contribution in [0.3, 0.4) is 0 Å². The molecule has 0 spiro atoms. The second-order valence-corrected chi connectivity index (χ2v) is 10.8. The van der Waals surface area contributed by atoms with Crippen molar-refractivity contribution in [3.05, 3.63) is 157 Å². The molecule has 2 heterocycles. The van der Waals surface area contributed by atoms with Gasteiger partial charge in [-0.15, -0.1) is 0 Å². The summed E-state index contributed by atoms with van der Waals surface area (Å²) in [6.45, 7) is 0. The molecule has 0 fully saturated rings. The number of nitrogens with zero attached hydrogens (tertiary/aromatic N) is 4. The number of rotatable bonds is 4. The molecule has 0 aliphatic carbocycles. The van der Waals surface area contributed by atoms with Crippen LogP contribution in [0, 0.1) is 0 Å². The van der Waals surface area contributed by atoms with E-state index in [0.717, 1.165) is 39.1 Å². The van der Waals surface area contributed by atoms with Crippen LogP contribution in [0.2, 0.25) is 0 Å². The Hall–Kier alpha value is -5.94. The molecule has 0 unspecified atom stereocenters. The van der Waals surface area contributed by atoms with E-state index < -0.39 is 0 Å². The number of nitrogens with two attached hydrogens (primary N) is 1. The maximum absolute atomic E-state index is 6.85. The van der Waals surface area contributed by atoms with Crippen LogP contribution in [0.25, 0.3) is 55.0 Å². The van der Waals surface area contributed by atoms with E-state index in [-0.39, 0.29) is 0 Å². The van der Waals surface area contributed by atoms with Crippen LogP contribution in [-0.4, -0.2) is 27.9 Å². The maximum Gasteiger partial charge on any atom is 0.156 e. The van der Waals surface area contributed by atoms with Gasteiger partial charge in [-0.05, 0) is 36.4 Å². The van der Waals surface area contributed by atoms with Crippen molar-refractivity contribution in [2.45, 2.75) is 0 Å². The summed E-state index contributed by atoms with van der Waals surface area (Å²) in [5.41, 5.74) is 15.2. The van der Waals surface area contributed by atoms with Gasteiger partial charge in [-0.3, -0.25) is 4.99 Å². The number of aromatic nitrogens is 2. The Morgan fingerprint density at radius 3 is 1.70 bits per heavy atom. The summed E-state index contributed by atoms with van der Waals surface area (Å²) in [6.07, 6.45) is 0. The van der Waals surface area contributed by atoms with Crippen molar-refractivity contribution in [3.8, 4) is 11.4 Å². The molecule has 2 aromatic heterocycles. The Morgan fingerprint density at radius 2 is 1.05 bits per heavy atom. The summed E-state index contributed by atoms with van der Waals surface area (Å²) in [4.78, 5) is 9.32. The van der Waals surface area contributed by atoms with E-state index in [1.54, 1.807) is 7.05 Å². The number of amidine groups is 2. The van der Waals surface area contributed by atoms with E-state index in [4.69, 9.17) is 10.7 Å². The first-order valence-electron chi connectivity index (χ1n) is 14.7. The fraction of sp³-hybridized carbons (Fsp3) is 0.0256. The molecule has 0 saturated heterocycles. The minimum absolute atomic E-state index is 0.409. The minimum atomic E-state index is 0.409. The van der Waals surface area contributed by atoms with Gasteiger partial charge in [-0.2, -0.15) is 0 Å². The van der Waals surface area contributed by atoms with Crippen molar-refractivity contribution in [1.29, 1.82) is 0 Å². The Labute approximate surface area is 254 Å². The van der Waals surface area contributed by atoms with Gasteiger partial charge < -0.3 is 14.9 Å². The lowest BCUT2D eigenvalue weighted by Crippen LogP contribution is -2.19. The number of fused-ring (bicyclic) bond motifs is 7. The van der Waals surface area contributed by atoms with Crippen molar-refractivity contribution < 1.29 is 0 Å². The summed E-state index contributed by atoms with van der Waals surface area (Å²) in [7, 11) is 1.75. The van der Waals surface area contributed by atoms with Crippen LogP contribution in [0.1, 0.15) is 11.1 Å². The average molecular weight is 568 g/mol. The molecule has 5 heteroatoms. The first-order valence-corrected chi connectivity index (χ1v) is 14.7. The average Bonchev–Trinajstić information content (AvgIpc) is 3.61. The molecular formula is C39H29N5. The van der Waals surface area contributed by atoms with E-state index >= 15 is 0 Å². The molecule has 0 saturated carbocycles. The Bertz CT molecular complexity index is 2390. The SMILES string of the molecule is CN=C(N=C(N)c1ccccc1-n1c2ccccc2c2ccc3c4ccccc4n(-c4ccccc4)c3c21)c1ccccc1. The smallest absolute Gasteiger partial charge is 0.156 e. The molecule has 8 rings (SSSR count). The highest BCUT2D eigenvalue weighted by Crippen LogP contribution is 2.41. The number of hydrogen-bond donors (Lipinski definition) is 1. The molecule has 0 aliphatic rings. The van der Waals surface area contributed by atoms with Gasteiger partial charge in [0, 0.05) is 45.4 Å². The number of benzene rings is 6. The zero-order valence-corrected chi connectivity index (χ0v) is 24.2. The van der Waals surface area contributed by atoms with Gasteiger partial charge in [0.05, 0.1) is 27.8 Å². The second kappa shape index (κ2) is 10.4. The molecule has 0 atom stereocenters. The van der Waals surface area contributed by atoms with E-state index in [2.05, 4.69) is 117 Å². The third kappa shape index (κ3) is 3.94. The van der Waals surface area contributed by atoms with Gasteiger partial charge >= 0.3 is 0 Å². The second-order valence-electron chi connectivity index (χ2n) is 10.8. The summed E-state index contributed by atoms with van der Waals surface area (Å²) < 4.78 is 4.74. The van der Waals surface area contributed by atoms with Crippen molar-refractivity contribution >= 4 is 55.3 Å². The molecule has 210 valence electrons. The van der Waals surface area contributed by atoms with Gasteiger partial charge in [-0.1, -0.05) is 109 Å². The van der Waals surface area contributed by atoms with Gasteiger partial charge in [-0.25, -0.2) is 4.99 Å². The molecule has 0 radical (unpaired) electrons. The van der Waals surface area contributed by atoms with Gasteiger partial charge in [0.15, 0.2) is 5.84 Å². The predicted molar refractivity (Wildman–Crippen MR) is 185 cm³/mol. The van der Waals surface area contributed by atoms with E-state index in [1.165, 1.54) is 27.1 Å². The van der Waals surface area contributed by atoms with Gasteiger partial charge in [0.1, 0.15) is 5.84 Å². The Morgan fingerprint density at radius 1 is 0.523 bits per heavy atom. The maximum atomic E-state index is 6.85. The fourth-order valence-electron chi connectivity index (χ4n) is 6.49. The van der Waals surface area contributed by atoms with Crippen molar-refractivity contribution in [2.24, 2.45) is 15.7 Å². The molecule has 0 amide bonds. The lowest BCUT2D eigenvalue weighted by molar-refractivity contribution is 1.14. The first-order chi connectivity index (χ1) is 21.7. The van der Waals surface area contributed by atoms with E-state index in [9.17, 15) is 0 Å². The van der Waals surface area contributed by atoms with Crippen LogP contribution >= 0.6 is 0 Å². The minimum Gasteiger partial charge on any atom is -0.383 e. The monoisotopic (exact) mass is 567 g/mol. The van der Waals surface area contributed by atoms with Crippen molar-refractivity contribution in [3.63, 3.8) is 0 Å². The van der Waals surface area contributed by atoms with Crippen LogP contribution in [-0.2, 0) is 0 Å². The first kappa shape index (κ1) is 25.7. The summed E-state index contributed by atoms with van der Waals surface area (Å²) in [6, 6.07) is 50.5. The molecule has 8 aromatic rings. The Balaban J connectivity index is 1.50. The fourth-order valence-corrected chi connectivity index (χ4v) is 6.49. The highest BCUT2D eigenvalue weighted by atomic mass is 15.1. The highest BCUT2D eigenvalue weighted by molar-refractivity contribution is 6.24. The van der Waals surface area contributed by atoms with Crippen molar-refractivity contribution in [1.82, 2.24) is 9.13 Å². The largest absolute Gasteiger partial charge is 0.383 e. The normalized spacial score (nSPS) is 12.6. The summed E-state index contributed by atoms with van der Waals surface area (Å²) in [5, 5.41) is 4.77. The molecular weight excluding hydrogens is 538 g/mol. The van der Waals surface area contributed by atoms with E-state index in [1.807, 2.05) is 42.5 Å². The number of hydrogen-bond acceptors (Lipinski definition) is 1. The van der Waals surface area contributed by atoms with Crippen LogP contribution in [0.15, 0.2) is 156 Å². The van der Waals surface area contributed by atoms with Crippen LogP contribution in [0.5, 0.6) is 0 Å². The van der Waals surface area contributed by atoms with Crippen LogP contribution in [0.4, 0.5) is 0 Å². The number of para-hydroxylation sites is 4. The van der Waals surface area contributed by atoms with Crippen LogP contribution < -0.4 is 5.73 Å². The third-order valence-electron chi connectivity index (χ3n) is 8.37. The third-order valence-corrected chi connectivity index (χ3v) is 8.37. The topological polar surface area (TPSA) is 60.6 Å². The molecule has 0 bridgehead atoms. The molecule has 2 N–H and O–H groups in total. The van der Waals surface area contributed by atoms with Gasteiger partial charge in [0.25, 0.3) is 0 Å². The number of aliphatic imine (C=N–C) groups is 2. The summed E-state index contributed by atoms with van der Waals surface area (Å²) >= 11 is 0. The molecule has 5 nitrogen and oxygen atoms in total. The quantitative estimate of drug-likeness (QED) is 0.168. The van der Waals surface area contributed by atoms with Crippen molar-refractivity contribution in [2.75, 3.05) is 7.05 Å². The standard InChI is InChI=1S/C39H29N5/c1-41-39(26-14-4-2-5-15-26)42-38(40)32-20-10-13-23-35(32)44-34-22-12-9-19-29(34)31-25-24-30-28-18-8-11-21-33(28)43(36(30)37(31)44)27-16-6-3-7-17-27/h2-25H,1H3,(H2,40,41,42). The summed E-state index contributed by atoms with van der Waals surface area (Å²) in [5.74, 6) is 0.999. The molecule has 44 heavy (non-hydrogen) atoms. The zero-order chi connectivity index (χ0) is 29.6. The van der Waals surface area contributed by atoms with Gasteiger partial charge in [0.2, 0.25) is 0 Å². The lowest BCUT2D eigenvalue weighted by atomic mass is 10.1. The Kier molecular flexibility index (Phi) is 6.09. The zero-order valence-electron chi connectivity index (χ0n) is 24.2. The highest BCUT2D eigenvalue weighted by Gasteiger charge is 2.22. The molecule has 0 aliphatic heterocycles.